The maximum atomic E-state index is 5.48. The first-order valence-electron chi connectivity index (χ1n) is 9.93. The normalized spacial score (nSPS) is 18.9. The Morgan fingerprint density at radius 3 is 3.00 bits per heavy atom. The largest absolute Gasteiger partial charge is 0.491 e. The monoisotopic (exact) mass is 380 g/mol. The SMILES string of the molecule is COc1cnc(N2CCNC(C(C)C)CC2)nc1Nc1ccc2c(c1)C=NC2. The molecule has 0 spiro atoms. The fourth-order valence-electron chi connectivity index (χ4n) is 3.73. The molecule has 2 aliphatic heterocycles. The van der Waals surface area contributed by atoms with E-state index in [9.17, 15) is 0 Å². The highest BCUT2D eigenvalue weighted by molar-refractivity contribution is 5.86. The van der Waals surface area contributed by atoms with E-state index in [0.717, 1.165) is 49.8 Å². The van der Waals surface area contributed by atoms with Crippen LogP contribution in [0, 0.1) is 5.92 Å². The number of methoxy groups -OCH3 is 1. The zero-order chi connectivity index (χ0) is 19.5. The molecule has 1 atom stereocenters. The second-order valence-electron chi connectivity index (χ2n) is 7.68. The molecule has 1 aromatic heterocycles. The molecule has 0 aliphatic carbocycles. The fraction of sp³-hybridized carbons (Fsp3) is 0.476. The van der Waals surface area contributed by atoms with Gasteiger partial charge < -0.3 is 20.3 Å². The van der Waals surface area contributed by atoms with E-state index in [0.29, 0.717) is 23.5 Å². The Morgan fingerprint density at radius 1 is 1.29 bits per heavy atom. The maximum absolute atomic E-state index is 5.48. The first kappa shape index (κ1) is 18.7. The van der Waals surface area contributed by atoms with Gasteiger partial charge in [-0.2, -0.15) is 4.98 Å². The molecule has 1 aromatic carbocycles. The summed E-state index contributed by atoms with van der Waals surface area (Å²) in [4.78, 5) is 15.9. The van der Waals surface area contributed by atoms with E-state index in [4.69, 9.17) is 9.72 Å². The maximum Gasteiger partial charge on any atom is 0.227 e. The molecule has 0 amide bonds. The van der Waals surface area contributed by atoms with E-state index >= 15 is 0 Å². The third-order valence-corrected chi connectivity index (χ3v) is 5.45. The van der Waals surface area contributed by atoms with Gasteiger partial charge in [0, 0.05) is 37.6 Å². The van der Waals surface area contributed by atoms with Crippen LogP contribution in [0.15, 0.2) is 29.4 Å². The number of nitrogens with zero attached hydrogens (tertiary/aromatic N) is 4. The lowest BCUT2D eigenvalue weighted by molar-refractivity contribution is 0.403. The predicted octanol–water partition coefficient (Wildman–Crippen LogP) is 2.99. The van der Waals surface area contributed by atoms with Crippen LogP contribution >= 0.6 is 0 Å². The number of aromatic nitrogens is 2. The van der Waals surface area contributed by atoms with Crippen LogP contribution in [0.2, 0.25) is 0 Å². The van der Waals surface area contributed by atoms with Gasteiger partial charge in [0.1, 0.15) is 0 Å². The standard InChI is InChI=1S/C21H28N6O/c1-14(2)18-6-8-27(9-7-23-18)21-24-13-19(28-3)20(26-21)25-17-5-4-15-11-22-12-16(15)10-17/h4-5,10,12-14,18,23H,6-9,11H2,1-3H3,(H,24,25,26). The molecule has 28 heavy (non-hydrogen) atoms. The van der Waals surface area contributed by atoms with Crippen molar-refractivity contribution >= 4 is 23.7 Å². The summed E-state index contributed by atoms with van der Waals surface area (Å²) >= 11 is 0. The molecule has 148 valence electrons. The van der Waals surface area contributed by atoms with Gasteiger partial charge in [0.05, 0.1) is 19.9 Å². The molecular formula is C21H28N6O. The van der Waals surface area contributed by atoms with Crippen molar-refractivity contribution in [2.45, 2.75) is 32.9 Å². The molecular weight excluding hydrogens is 352 g/mol. The highest BCUT2D eigenvalue weighted by Crippen LogP contribution is 2.29. The molecule has 4 rings (SSSR count). The molecule has 2 aliphatic rings. The first-order valence-corrected chi connectivity index (χ1v) is 9.93. The van der Waals surface area contributed by atoms with Crippen molar-refractivity contribution in [2.75, 3.05) is 37.0 Å². The van der Waals surface area contributed by atoms with Gasteiger partial charge in [0.25, 0.3) is 0 Å². The van der Waals surface area contributed by atoms with Crippen LogP contribution < -0.4 is 20.3 Å². The Hall–Kier alpha value is -2.67. The van der Waals surface area contributed by atoms with Crippen molar-refractivity contribution in [3.05, 3.63) is 35.5 Å². The summed E-state index contributed by atoms with van der Waals surface area (Å²) in [7, 11) is 1.64. The quantitative estimate of drug-likeness (QED) is 0.831. The number of nitrogens with one attached hydrogen (secondary N) is 2. The predicted molar refractivity (Wildman–Crippen MR) is 113 cm³/mol. The average Bonchev–Trinajstić information content (AvgIpc) is 3.02. The van der Waals surface area contributed by atoms with Crippen molar-refractivity contribution in [1.29, 1.82) is 0 Å². The molecule has 3 heterocycles. The number of hydrogen-bond acceptors (Lipinski definition) is 7. The van der Waals surface area contributed by atoms with Crippen molar-refractivity contribution in [3.8, 4) is 5.75 Å². The summed E-state index contributed by atoms with van der Waals surface area (Å²) in [6, 6.07) is 6.79. The van der Waals surface area contributed by atoms with Gasteiger partial charge in [0.15, 0.2) is 11.6 Å². The summed E-state index contributed by atoms with van der Waals surface area (Å²) in [5, 5.41) is 7.03. The number of anilines is 3. The summed E-state index contributed by atoms with van der Waals surface area (Å²) in [6.45, 7) is 8.06. The Kier molecular flexibility index (Phi) is 5.43. The minimum Gasteiger partial charge on any atom is -0.491 e. The Labute approximate surface area is 166 Å². The Bertz CT molecular complexity index is 866. The van der Waals surface area contributed by atoms with E-state index in [2.05, 4.69) is 57.6 Å². The van der Waals surface area contributed by atoms with Crippen molar-refractivity contribution < 1.29 is 4.74 Å². The van der Waals surface area contributed by atoms with Crippen LogP contribution in [0.4, 0.5) is 17.5 Å². The number of aliphatic imine (C=N–C) groups is 1. The summed E-state index contributed by atoms with van der Waals surface area (Å²) < 4.78 is 5.48. The van der Waals surface area contributed by atoms with Crippen LogP contribution in [0.25, 0.3) is 0 Å². The van der Waals surface area contributed by atoms with Crippen molar-refractivity contribution in [1.82, 2.24) is 15.3 Å². The highest BCUT2D eigenvalue weighted by atomic mass is 16.5. The molecule has 0 saturated carbocycles. The van der Waals surface area contributed by atoms with Gasteiger partial charge >= 0.3 is 0 Å². The number of hydrogen-bond donors (Lipinski definition) is 2. The zero-order valence-electron chi connectivity index (χ0n) is 16.8. The van der Waals surface area contributed by atoms with E-state index < -0.39 is 0 Å². The molecule has 7 heteroatoms. The van der Waals surface area contributed by atoms with Gasteiger partial charge in [0.2, 0.25) is 5.95 Å². The van der Waals surface area contributed by atoms with Crippen LogP contribution in [0.1, 0.15) is 31.4 Å². The Balaban J connectivity index is 1.55. The first-order chi connectivity index (χ1) is 13.6. The topological polar surface area (TPSA) is 74.7 Å². The summed E-state index contributed by atoms with van der Waals surface area (Å²) in [6.07, 6.45) is 4.75. The molecule has 2 aromatic rings. The number of benzene rings is 1. The third-order valence-electron chi connectivity index (χ3n) is 5.45. The highest BCUT2D eigenvalue weighted by Gasteiger charge is 2.21. The Morgan fingerprint density at radius 2 is 2.18 bits per heavy atom. The van der Waals surface area contributed by atoms with Gasteiger partial charge in [-0.1, -0.05) is 19.9 Å². The zero-order valence-corrected chi connectivity index (χ0v) is 16.8. The van der Waals surface area contributed by atoms with Gasteiger partial charge in [-0.25, -0.2) is 4.98 Å². The number of rotatable bonds is 5. The lowest BCUT2D eigenvalue weighted by atomic mass is 10.0. The van der Waals surface area contributed by atoms with Crippen LogP contribution in [0.5, 0.6) is 5.75 Å². The molecule has 0 bridgehead atoms. The van der Waals surface area contributed by atoms with Crippen molar-refractivity contribution in [3.63, 3.8) is 0 Å². The molecule has 2 N–H and O–H groups in total. The average molecular weight is 380 g/mol. The third kappa shape index (κ3) is 3.94. The fourth-order valence-corrected chi connectivity index (χ4v) is 3.73. The van der Waals surface area contributed by atoms with E-state index in [-0.39, 0.29) is 0 Å². The lowest BCUT2D eigenvalue weighted by Crippen LogP contribution is -2.34. The number of ether oxygens (including phenoxy) is 1. The van der Waals surface area contributed by atoms with Crippen molar-refractivity contribution in [2.24, 2.45) is 10.9 Å². The van der Waals surface area contributed by atoms with E-state index in [1.54, 1.807) is 13.3 Å². The second kappa shape index (κ2) is 8.14. The minimum absolute atomic E-state index is 0.536. The van der Waals surface area contributed by atoms with Crippen LogP contribution in [-0.2, 0) is 6.54 Å². The minimum atomic E-state index is 0.536. The van der Waals surface area contributed by atoms with Crippen LogP contribution in [0.3, 0.4) is 0 Å². The molecule has 7 nitrogen and oxygen atoms in total. The molecule has 1 fully saturated rings. The molecule has 1 unspecified atom stereocenters. The second-order valence-corrected chi connectivity index (χ2v) is 7.68. The summed E-state index contributed by atoms with van der Waals surface area (Å²) in [5.41, 5.74) is 3.36. The van der Waals surface area contributed by atoms with Gasteiger partial charge in [-0.3, -0.25) is 4.99 Å². The summed E-state index contributed by atoms with van der Waals surface area (Å²) in [5.74, 6) is 2.67. The van der Waals surface area contributed by atoms with Gasteiger partial charge in [-0.15, -0.1) is 0 Å². The van der Waals surface area contributed by atoms with Gasteiger partial charge in [-0.05, 0) is 35.6 Å². The molecule has 1 saturated heterocycles. The van der Waals surface area contributed by atoms with Crippen LogP contribution in [-0.4, -0.2) is 49.0 Å². The van der Waals surface area contributed by atoms with E-state index in [1.165, 1.54) is 5.56 Å². The number of fused-ring (bicyclic) bond motifs is 1. The molecule has 0 radical (unpaired) electrons. The lowest BCUT2D eigenvalue weighted by Gasteiger charge is -2.22. The smallest absolute Gasteiger partial charge is 0.227 e. The van der Waals surface area contributed by atoms with E-state index in [1.807, 2.05) is 6.21 Å².